The quantitative estimate of drug-likeness (QED) is 0.0882. The number of anilines is 2. The fourth-order valence-corrected chi connectivity index (χ4v) is 6.07. The van der Waals surface area contributed by atoms with Crippen LogP contribution in [0.25, 0.3) is 6.08 Å². The highest BCUT2D eigenvalue weighted by atomic mass is 35.5. The van der Waals surface area contributed by atoms with Crippen molar-refractivity contribution in [3.63, 3.8) is 0 Å². The van der Waals surface area contributed by atoms with E-state index in [1.807, 2.05) is 30.3 Å². The number of hydrogen-bond acceptors (Lipinski definition) is 6. The number of carbonyl (C=O) groups is 3. The Kier molecular flexibility index (Phi) is 12.0. The van der Waals surface area contributed by atoms with Crippen LogP contribution in [0, 0.1) is 0 Å². The van der Waals surface area contributed by atoms with Crippen molar-refractivity contribution >= 4 is 70.1 Å². The van der Waals surface area contributed by atoms with Crippen molar-refractivity contribution in [2.45, 2.75) is 10.1 Å². The highest BCUT2D eigenvalue weighted by Crippen LogP contribution is 2.38. The minimum atomic E-state index is -0.612. The topological polar surface area (TPSA) is 106 Å². The van der Waals surface area contributed by atoms with Gasteiger partial charge in [-0.15, -0.1) is 11.8 Å². The first-order valence-corrected chi connectivity index (χ1v) is 16.6. The molecule has 0 aromatic heterocycles. The molecule has 8 nitrogen and oxygen atoms in total. The number of benzene rings is 5. The normalized spacial score (nSPS) is 11.6. The summed E-state index contributed by atoms with van der Waals surface area (Å²) in [5.41, 5.74) is 2.58. The van der Waals surface area contributed by atoms with E-state index in [4.69, 9.17) is 32.7 Å². The van der Waals surface area contributed by atoms with Gasteiger partial charge in [-0.1, -0.05) is 83.9 Å². The highest BCUT2D eigenvalue weighted by Gasteiger charge is 2.24. The molecule has 0 aliphatic carbocycles. The number of ether oxygens (including phenoxy) is 2. The Hall–Kier alpha value is -5.22. The third-order valence-electron chi connectivity index (χ3n) is 7.18. The monoisotopic (exact) mass is 711 g/mol. The van der Waals surface area contributed by atoms with E-state index < -0.39 is 17.1 Å². The van der Waals surface area contributed by atoms with Crippen LogP contribution in [0.4, 0.5) is 11.4 Å². The third-order valence-corrected chi connectivity index (χ3v) is 9.28. The summed E-state index contributed by atoms with van der Waals surface area (Å²) >= 11 is 13.9. The van der Waals surface area contributed by atoms with E-state index in [9.17, 15) is 14.4 Å². The molecule has 5 aromatic rings. The predicted molar refractivity (Wildman–Crippen MR) is 197 cm³/mol. The fourth-order valence-electron chi connectivity index (χ4n) is 4.68. The van der Waals surface area contributed by atoms with E-state index in [0.717, 1.165) is 10.5 Å². The van der Waals surface area contributed by atoms with E-state index in [0.29, 0.717) is 39.0 Å². The molecule has 0 saturated heterocycles. The molecule has 0 fully saturated rings. The van der Waals surface area contributed by atoms with Gasteiger partial charge in [-0.05, 0) is 71.8 Å². The van der Waals surface area contributed by atoms with Crippen LogP contribution < -0.4 is 25.4 Å². The number of carbonyl (C=O) groups excluding carboxylic acids is 3. The van der Waals surface area contributed by atoms with Crippen molar-refractivity contribution < 1.29 is 23.9 Å². The van der Waals surface area contributed by atoms with Crippen LogP contribution in [0.5, 0.6) is 11.5 Å². The first kappa shape index (κ1) is 35.1. The molecule has 49 heavy (non-hydrogen) atoms. The number of hydrogen-bond donors (Lipinski definition) is 3. The van der Waals surface area contributed by atoms with E-state index >= 15 is 0 Å². The summed E-state index contributed by atoms with van der Waals surface area (Å²) in [6.07, 6.45) is 1.47. The van der Waals surface area contributed by atoms with Gasteiger partial charge in [0.15, 0.2) is 0 Å². The Labute approximate surface area is 298 Å². The summed E-state index contributed by atoms with van der Waals surface area (Å²) in [5.74, 6) is -0.221. The van der Waals surface area contributed by atoms with Gasteiger partial charge in [0.1, 0.15) is 22.4 Å². The number of halogens is 2. The van der Waals surface area contributed by atoms with Gasteiger partial charge < -0.3 is 25.4 Å². The Bertz CT molecular complexity index is 1970. The van der Waals surface area contributed by atoms with E-state index in [1.54, 1.807) is 98.1 Å². The molecular weight excluding hydrogens is 681 g/mol. The van der Waals surface area contributed by atoms with Crippen LogP contribution in [0.2, 0.25) is 10.0 Å². The molecule has 0 bridgehead atoms. The van der Waals surface area contributed by atoms with E-state index in [2.05, 4.69) is 16.0 Å². The Morgan fingerprint density at radius 2 is 1.45 bits per heavy atom. The second kappa shape index (κ2) is 16.7. The minimum absolute atomic E-state index is 0.0359. The number of rotatable bonds is 12. The number of methoxy groups -OCH3 is 2. The first-order chi connectivity index (χ1) is 23.7. The first-order valence-electron chi connectivity index (χ1n) is 14.9. The molecule has 0 saturated carbocycles. The van der Waals surface area contributed by atoms with Crippen molar-refractivity contribution in [1.29, 1.82) is 0 Å². The van der Waals surface area contributed by atoms with Gasteiger partial charge in [0.2, 0.25) is 5.91 Å². The summed E-state index contributed by atoms with van der Waals surface area (Å²) in [7, 11) is 3.08. The van der Waals surface area contributed by atoms with Gasteiger partial charge in [-0.25, -0.2) is 0 Å². The molecule has 1 unspecified atom stereocenters. The molecular formula is C38H31Cl2N3O5S. The number of amides is 3. The van der Waals surface area contributed by atoms with Crippen molar-refractivity contribution in [3.8, 4) is 11.5 Å². The molecule has 248 valence electrons. The summed E-state index contributed by atoms with van der Waals surface area (Å²) < 4.78 is 10.7. The van der Waals surface area contributed by atoms with Gasteiger partial charge >= 0.3 is 0 Å². The summed E-state index contributed by atoms with van der Waals surface area (Å²) in [5, 5.41) is 8.45. The summed E-state index contributed by atoms with van der Waals surface area (Å²) in [6.45, 7) is 0. The standard InChI is InChI=1S/C38H31Cl2N3O5S/c1-47-28-18-21-31(33(23-28)48-2)42-38(46)35(24-10-5-3-6-11-24)49-29-19-16-27(17-20-29)41-37(45)32(22-26-14-9-15-30(39)34(26)40)43-36(44)25-12-7-4-8-13-25/h3-23,35H,1-2H3,(H,41,45)(H,42,46)(H,43,44)/b32-22-. The zero-order valence-electron chi connectivity index (χ0n) is 26.4. The van der Waals surface area contributed by atoms with Crippen molar-refractivity contribution in [2.75, 3.05) is 24.9 Å². The van der Waals surface area contributed by atoms with Crippen molar-refractivity contribution in [3.05, 3.63) is 154 Å². The number of thioether (sulfide) groups is 1. The third kappa shape index (κ3) is 9.23. The molecule has 0 aliphatic rings. The van der Waals surface area contributed by atoms with Gasteiger partial charge in [0.05, 0.1) is 30.0 Å². The molecule has 5 rings (SSSR count). The molecule has 11 heteroatoms. The molecule has 3 amide bonds. The maximum absolute atomic E-state index is 13.7. The van der Waals surface area contributed by atoms with Gasteiger partial charge in [0.25, 0.3) is 11.8 Å². The zero-order chi connectivity index (χ0) is 34.8. The molecule has 0 heterocycles. The van der Waals surface area contributed by atoms with Crippen LogP contribution in [0.1, 0.15) is 26.7 Å². The predicted octanol–water partition coefficient (Wildman–Crippen LogP) is 8.89. The molecule has 1 atom stereocenters. The van der Waals surface area contributed by atoms with Crippen molar-refractivity contribution in [2.24, 2.45) is 0 Å². The molecule has 0 radical (unpaired) electrons. The molecule has 0 aliphatic heterocycles. The minimum Gasteiger partial charge on any atom is -0.497 e. The maximum atomic E-state index is 13.7. The lowest BCUT2D eigenvalue weighted by molar-refractivity contribution is -0.116. The largest absolute Gasteiger partial charge is 0.497 e. The Morgan fingerprint density at radius 3 is 2.12 bits per heavy atom. The van der Waals surface area contributed by atoms with Crippen LogP contribution in [-0.2, 0) is 9.59 Å². The average Bonchev–Trinajstić information content (AvgIpc) is 3.13. The van der Waals surface area contributed by atoms with Crippen LogP contribution >= 0.6 is 35.0 Å². The summed E-state index contributed by atoms with van der Waals surface area (Å²) in [4.78, 5) is 41.0. The lowest BCUT2D eigenvalue weighted by Gasteiger charge is -2.19. The van der Waals surface area contributed by atoms with Gasteiger partial charge in [0, 0.05) is 22.2 Å². The Balaban J connectivity index is 1.35. The Morgan fingerprint density at radius 1 is 0.755 bits per heavy atom. The zero-order valence-corrected chi connectivity index (χ0v) is 28.7. The number of nitrogens with one attached hydrogen (secondary N) is 3. The lowest BCUT2D eigenvalue weighted by Crippen LogP contribution is -2.30. The second-order valence-electron chi connectivity index (χ2n) is 10.5. The van der Waals surface area contributed by atoms with Crippen molar-refractivity contribution in [1.82, 2.24) is 5.32 Å². The highest BCUT2D eigenvalue weighted by molar-refractivity contribution is 8.00. The van der Waals surface area contributed by atoms with E-state index in [1.165, 1.54) is 24.9 Å². The molecule has 0 spiro atoms. The van der Waals surface area contributed by atoms with Crippen LogP contribution in [0.15, 0.2) is 132 Å². The average molecular weight is 713 g/mol. The van der Waals surface area contributed by atoms with E-state index in [-0.39, 0.29) is 16.6 Å². The SMILES string of the molecule is COc1ccc(NC(=O)C(Sc2ccc(NC(=O)/C(=C/c3cccc(Cl)c3Cl)NC(=O)c3ccccc3)cc2)c2ccccc2)c(OC)c1. The van der Waals surface area contributed by atoms with Gasteiger partial charge in [-0.2, -0.15) is 0 Å². The fraction of sp³-hybridized carbons (Fsp3) is 0.0789. The second-order valence-corrected chi connectivity index (χ2v) is 12.4. The maximum Gasteiger partial charge on any atom is 0.272 e. The van der Waals surface area contributed by atoms with Crippen LogP contribution in [-0.4, -0.2) is 31.9 Å². The lowest BCUT2D eigenvalue weighted by atomic mass is 10.1. The smallest absolute Gasteiger partial charge is 0.272 e. The van der Waals surface area contributed by atoms with Gasteiger partial charge in [-0.3, -0.25) is 14.4 Å². The van der Waals surface area contributed by atoms with Crippen LogP contribution in [0.3, 0.4) is 0 Å². The molecule has 3 N–H and O–H groups in total. The summed E-state index contributed by atoms with van der Waals surface area (Å²) in [6, 6.07) is 35.2. The molecule has 5 aromatic carbocycles.